The predicted molar refractivity (Wildman–Crippen MR) is 112 cm³/mol. The second-order valence-corrected chi connectivity index (χ2v) is 8.12. The average Bonchev–Trinajstić information content (AvgIpc) is 3.38. The molecule has 0 radical (unpaired) electrons. The van der Waals surface area contributed by atoms with Crippen LogP contribution in [0.15, 0.2) is 36.9 Å². The molecule has 3 aromatic rings. The van der Waals surface area contributed by atoms with Gasteiger partial charge < -0.3 is 10.2 Å². The van der Waals surface area contributed by atoms with Crippen LogP contribution in [0.4, 0.5) is 24.7 Å². The predicted octanol–water partition coefficient (Wildman–Crippen LogP) is 4.14. The fourth-order valence-electron chi connectivity index (χ4n) is 4.02. The zero-order chi connectivity index (χ0) is 22.2. The maximum absolute atomic E-state index is 14.6. The van der Waals surface area contributed by atoms with Gasteiger partial charge in [-0.05, 0) is 43.9 Å². The van der Waals surface area contributed by atoms with E-state index in [2.05, 4.69) is 20.4 Å². The summed E-state index contributed by atoms with van der Waals surface area (Å²) in [6.45, 7) is 0.469. The number of anilines is 2. The fraction of sp³-hybridized carbons (Fsp3) is 0.364. The number of carbonyl (C=O) groups is 1. The van der Waals surface area contributed by atoms with Gasteiger partial charge in [0.05, 0.1) is 24.3 Å². The molecule has 1 atom stereocenters. The third-order valence-electron chi connectivity index (χ3n) is 5.99. The zero-order valence-electron chi connectivity index (χ0n) is 17.1. The van der Waals surface area contributed by atoms with E-state index >= 15 is 0 Å². The van der Waals surface area contributed by atoms with Crippen LogP contribution in [0.3, 0.4) is 0 Å². The van der Waals surface area contributed by atoms with E-state index in [0.29, 0.717) is 18.5 Å². The molecule has 0 spiro atoms. The Hall–Kier alpha value is -3.43. The largest absolute Gasteiger partial charge is 0.352 e. The van der Waals surface area contributed by atoms with Gasteiger partial charge in [-0.15, -0.1) is 0 Å². The van der Waals surface area contributed by atoms with Gasteiger partial charge in [0.15, 0.2) is 5.82 Å². The third-order valence-corrected chi connectivity index (χ3v) is 5.99. The highest BCUT2D eigenvalue weighted by Gasteiger charge is 2.29. The lowest BCUT2D eigenvalue weighted by molar-refractivity contribution is 0.102. The molecule has 7 nitrogen and oxygen atoms in total. The highest BCUT2D eigenvalue weighted by Crippen LogP contribution is 2.37. The Morgan fingerprint density at radius 1 is 1.16 bits per heavy atom. The molecule has 10 heteroatoms. The van der Waals surface area contributed by atoms with Crippen molar-refractivity contribution in [2.75, 3.05) is 23.3 Å². The van der Waals surface area contributed by atoms with Crippen LogP contribution in [0.5, 0.6) is 0 Å². The van der Waals surface area contributed by atoms with Crippen molar-refractivity contribution in [3.8, 4) is 11.3 Å². The zero-order valence-corrected chi connectivity index (χ0v) is 17.1. The van der Waals surface area contributed by atoms with Gasteiger partial charge in [-0.25, -0.2) is 23.1 Å². The van der Waals surface area contributed by atoms with Gasteiger partial charge in [-0.1, -0.05) is 0 Å². The highest BCUT2D eigenvalue weighted by atomic mass is 19.1. The molecule has 1 N–H and O–H groups in total. The van der Waals surface area contributed by atoms with E-state index in [9.17, 15) is 18.0 Å². The fourth-order valence-corrected chi connectivity index (χ4v) is 4.02. The molecule has 1 saturated carbocycles. The molecule has 1 aliphatic heterocycles. The van der Waals surface area contributed by atoms with Crippen molar-refractivity contribution in [2.24, 2.45) is 0 Å². The molecule has 166 valence electrons. The lowest BCUT2D eigenvalue weighted by Gasteiger charge is -2.25. The van der Waals surface area contributed by atoms with Crippen LogP contribution in [-0.4, -0.2) is 44.9 Å². The Labute approximate surface area is 182 Å². The molecule has 2 aromatic heterocycles. The number of nitrogens with one attached hydrogen (secondary N) is 1. The van der Waals surface area contributed by atoms with Gasteiger partial charge in [-0.3, -0.25) is 9.48 Å². The summed E-state index contributed by atoms with van der Waals surface area (Å²) < 4.78 is 44.1. The maximum Gasteiger partial charge on any atom is 0.259 e. The Morgan fingerprint density at radius 3 is 2.72 bits per heavy atom. The first-order valence-corrected chi connectivity index (χ1v) is 10.5. The van der Waals surface area contributed by atoms with Crippen LogP contribution in [0, 0.1) is 11.6 Å². The molecule has 3 heterocycles. The molecule has 0 unspecified atom stereocenters. The van der Waals surface area contributed by atoms with Crippen LogP contribution in [0.1, 0.15) is 42.1 Å². The molecule has 2 aliphatic rings. The standard InChI is InChI=1S/C22H21F3N6O/c23-14-4-5-18(25)17(8-14)19-20(21(27-12-26-19)30-7-6-15(24)11-30)29-22(32)13-9-28-31(10-13)16-2-1-3-16/h4-5,8-10,12,15-16H,1-3,6-7,11H2,(H,29,32)/t15-/m0/s1. The topological polar surface area (TPSA) is 75.9 Å². The molecular weight excluding hydrogens is 421 g/mol. The van der Waals surface area contributed by atoms with Crippen molar-refractivity contribution in [3.05, 3.63) is 54.1 Å². The Balaban J connectivity index is 1.54. The molecule has 32 heavy (non-hydrogen) atoms. The van der Waals surface area contributed by atoms with E-state index in [1.165, 1.54) is 12.5 Å². The molecule has 1 amide bonds. The third kappa shape index (κ3) is 3.80. The number of nitrogens with zero attached hydrogens (tertiary/aromatic N) is 5. The van der Waals surface area contributed by atoms with Gasteiger partial charge >= 0.3 is 0 Å². The second-order valence-electron chi connectivity index (χ2n) is 8.12. The van der Waals surface area contributed by atoms with Crippen LogP contribution < -0.4 is 10.2 Å². The minimum Gasteiger partial charge on any atom is -0.352 e. The Morgan fingerprint density at radius 2 is 2.00 bits per heavy atom. The van der Waals surface area contributed by atoms with Crippen LogP contribution in [0.25, 0.3) is 11.3 Å². The number of amides is 1. The quantitative estimate of drug-likeness (QED) is 0.643. The molecule has 0 bridgehead atoms. The number of aromatic nitrogens is 4. The summed E-state index contributed by atoms with van der Waals surface area (Å²) in [5.74, 6) is -1.57. The van der Waals surface area contributed by atoms with E-state index < -0.39 is 23.7 Å². The normalized spacial score (nSPS) is 18.6. The molecule has 5 rings (SSSR count). The molecule has 1 aliphatic carbocycles. The van der Waals surface area contributed by atoms with Crippen molar-refractivity contribution < 1.29 is 18.0 Å². The monoisotopic (exact) mass is 442 g/mol. The lowest BCUT2D eigenvalue weighted by atomic mass is 9.93. The van der Waals surface area contributed by atoms with Crippen molar-refractivity contribution in [2.45, 2.75) is 37.9 Å². The summed E-state index contributed by atoms with van der Waals surface area (Å²) in [5.41, 5.74) is 0.328. The van der Waals surface area contributed by atoms with Crippen molar-refractivity contribution in [1.29, 1.82) is 0 Å². The smallest absolute Gasteiger partial charge is 0.259 e. The van der Waals surface area contributed by atoms with E-state index in [1.54, 1.807) is 15.8 Å². The van der Waals surface area contributed by atoms with Crippen LogP contribution in [0.2, 0.25) is 0 Å². The highest BCUT2D eigenvalue weighted by molar-refractivity contribution is 6.07. The van der Waals surface area contributed by atoms with Gasteiger partial charge in [0.25, 0.3) is 5.91 Å². The van der Waals surface area contributed by atoms with Crippen molar-refractivity contribution in [1.82, 2.24) is 19.7 Å². The molecule has 1 aromatic carbocycles. The van der Waals surface area contributed by atoms with Gasteiger partial charge in [0.2, 0.25) is 0 Å². The van der Waals surface area contributed by atoms with E-state index in [1.807, 2.05) is 0 Å². The van der Waals surface area contributed by atoms with Crippen molar-refractivity contribution in [3.63, 3.8) is 0 Å². The second kappa shape index (κ2) is 8.25. The number of benzene rings is 1. The molecule has 2 fully saturated rings. The van der Waals surface area contributed by atoms with Crippen LogP contribution >= 0.6 is 0 Å². The minimum absolute atomic E-state index is 0.0223. The first-order chi connectivity index (χ1) is 15.5. The SMILES string of the molecule is O=C(Nc1c(-c2cc(F)ccc2F)ncnc1N1CC[C@H](F)C1)c1cnn(C2CCC2)c1. The summed E-state index contributed by atoms with van der Waals surface area (Å²) in [6.07, 6.45) is 6.77. The molecule has 1 saturated heterocycles. The summed E-state index contributed by atoms with van der Waals surface area (Å²) in [6, 6.07) is 3.29. The van der Waals surface area contributed by atoms with Gasteiger partial charge in [0, 0.05) is 18.3 Å². The average molecular weight is 442 g/mol. The Bertz CT molecular complexity index is 1160. The van der Waals surface area contributed by atoms with E-state index in [-0.39, 0.29) is 35.3 Å². The Kier molecular flexibility index (Phi) is 5.28. The minimum atomic E-state index is -1.04. The molecular formula is C22H21F3N6O. The van der Waals surface area contributed by atoms with E-state index in [0.717, 1.165) is 37.5 Å². The summed E-state index contributed by atoms with van der Waals surface area (Å²) in [7, 11) is 0. The first-order valence-electron chi connectivity index (χ1n) is 10.5. The van der Waals surface area contributed by atoms with E-state index in [4.69, 9.17) is 0 Å². The van der Waals surface area contributed by atoms with Gasteiger partial charge in [0.1, 0.15) is 35.5 Å². The summed E-state index contributed by atoms with van der Waals surface area (Å²) in [4.78, 5) is 23.1. The maximum atomic E-state index is 14.6. The van der Waals surface area contributed by atoms with Gasteiger partial charge in [-0.2, -0.15) is 5.10 Å². The first kappa shape index (κ1) is 20.5. The number of rotatable bonds is 5. The number of hydrogen-bond donors (Lipinski definition) is 1. The lowest BCUT2D eigenvalue weighted by Crippen LogP contribution is -2.24. The number of alkyl halides is 1. The van der Waals surface area contributed by atoms with Crippen molar-refractivity contribution >= 4 is 17.4 Å². The summed E-state index contributed by atoms with van der Waals surface area (Å²) >= 11 is 0. The van der Waals surface area contributed by atoms with Crippen LogP contribution in [-0.2, 0) is 0 Å². The summed E-state index contributed by atoms with van der Waals surface area (Å²) in [5, 5.41) is 7.02. The number of hydrogen-bond acceptors (Lipinski definition) is 5. The number of halogens is 3. The number of carbonyl (C=O) groups excluding carboxylic acids is 1.